The molecule has 11 heteroatoms. The third-order valence-electron chi connectivity index (χ3n) is 5.56. The van der Waals surface area contributed by atoms with Crippen LogP contribution >= 0.6 is 0 Å². The highest BCUT2D eigenvalue weighted by molar-refractivity contribution is 5.80. The van der Waals surface area contributed by atoms with Gasteiger partial charge >= 0.3 is 0 Å². The Morgan fingerprint density at radius 1 is 1.29 bits per heavy atom. The molecule has 1 saturated heterocycles. The van der Waals surface area contributed by atoms with E-state index < -0.39 is 6.10 Å². The van der Waals surface area contributed by atoms with Crippen molar-refractivity contribution in [2.75, 3.05) is 44.0 Å². The summed E-state index contributed by atoms with van der Waals surface area (Å²) in [6.07, 6.45) is 3.50. The summed E-state index contributed by atoms with van der Waals surface area (Å²) >= 11 is 0. The van der Waals surface area contributed by atoms with Gasteiger partial charge in [-0.3, -0.25) is 4.79 Å². The molecule has 1 aliphatic carbocycles. The summed E-state index contributed by atoms with van der Waals surface area (Å²) in [6, 6.07) is 1.80. The van der Waals surface area contributed by atoms with Gasteiger partial charge in [-0.05, 0) is 6.92 Å². The van der Waals surface area contributed by atoms with Gasteiger partial charge in [0.25, 0.3) is 5.91 Å². The minimum Gasteiger partial charge on any atom is -0.474 e. The van der Waals surface area contributed by atoms with Gasteiger partial charge in [0.15, 0.2) is 0 Å². The number of aliphatic hydroxyl groups is 1. The lowest BCUT2D eigenvalue weighted by atomic mass is 9.88. The topological polar surface area (TPSA) is 140 Å². The first-order chi connectivity index (χ1) is 14.9. The first kappa shape index (κ1) is 21.2. The van der Waals surface area contributed by atoms with E-state index in [4.69, 9.17) is 15.2 Å². The maximum absolute atomic E-state index is 12.0. The van der Waals surface area contributed by atoms with Crippen LogP contribution in [0.1, 0.15) is 19.8 Å². The fourth-order valence-electron chi connectivity index (χ4n) is 3.59. The quantitative estimate of drug-likeness (QED) is 0.650. The van der Waals surface area contributed by atoms with Gasteiger partial charge in [0.2, 0.25) is 17.8 Å². The number of morpholine rings is 1. The normalized spacial score (nSPS) is 21.8. The van der Waals surface area contributed by atoms with E-state index in [1.807, 2.05) is 0 Å². The van der Waals surface area contributed by atoms with Crippen LogP contribution in [0.4, 0.5) is 11.9 Å². The van der Waals surface area contributed by atoms with E-state index in [9.17, 15) is 9.90 Å². The fraction of sp³-hybridized carbons (Fsp3) is 0.550. The average Bonchev–Trinajstić information content (AvgIpc) is 2.76. The Morgan fingerprint density at radius 3 is 2.61 bits per heavy atom. The number of anilines is 2. The van der Waals surface area contributed by atoms with E-state index in [1.165, 1.54) is 6.92 Å². The van der Waals surface area contributed by atoms with E-state index in [0.717, 1.165) is 0 Å². The second-order valence-corrected chi connectivity index (χ2v) is 7.81. The predicted octanol–water partition coefficient (Wildman–Crippen LogP) is 0.101. The molecule has 31 heavy (non-hydrogen) atoms. The van der Waals surface area contributed by atoms with Crippen LogP contribution in [0, 0.1) is 0 Å². The van der Waals surface area contributed by atoms with Crippen LogP contribution in [-0.4, -0.2) is 87.5 Å². The highest BCUT2D eigenvalue weighted by atomic mass is 16.5. The number of nitrogen functional groups attached to an aromatic ring is 1. The highest BCUT2D eigenvalue weighted by Crippen LogP contribution is 2.31. The zero-order valence-electron chi connectivity index (χ0n) is 17.6. The van der Waals surface area contributed by atoms with E-state index in [0.29, 0.717) is 62.2 Å². The van der Waals surface area contributed by atoms with E-state index >= 15 is 0 Å². The first-order valence-electron chi connectivity index (χ1n) is 10.3. The van der Waals surface area contributed by atoms with Crippen molar-refractivity contribution in [1.82, 2.24) is 24.8 Å². The Labute approximate surface area is 180 Å². The van der Waals surface area contributed by atoms with Crippen LogP contribution in [-0.2, 0) is 9.53 Å². The standard InChI is InChI=1S/C20H27N7O4/c1-12(28)18(29)26(2)14-7-15(8-14)31-17-9-16(13-10-22-19(21)23-11-13)24-20(25-17)27-3-5-30-6-4-27/h9-12,14-15,28H,3-8H2,1-2H3,(H2,21,22,23)/t12-,14-,15-/m0/s1. The Balaban J connectivity index is 1.51. The predicted molar refractivity (Wildman–Crippen MR) is 112 cm³/mol. The summed E-state index contributed by atoms with van der Waals surface area (Å²) in [7, 11) is 1.70. The molecule has 0 aromatic carbocycles. The number of aromatic nitrogens is 4. The third-order valence-corrected chi connectivity index (χ3v) is 5.56. The lowest BCUT2D eigenvalue weighted by Crippen LogP contribution is -2.52. The maximum atomic E-state index is 12.0. The minimum atomic E-state index is -1.01. The number of amides is 1. The highest BCUT2D eigenvalue weighted by Gasteiger charge is 2.37. The van der Waals surface area contributed by atoms with E-state index in [2.05, 4.69) is 24.8 Å². The molecular weight excluding hydrogens is 402 g/mol. The Hall–Kier alpha value is -3.05. The number of hydrogen-bond acceptors (Lipinski definition) is 10. The molecule has 0 bridgehead atoms. The molecule has 2 aromatic heterocycles. The van der Waals surface area contributed by atoms with Crippen LogP contribution in [0.2, 0.25) is 0 Å². The molecule has 3 N–H and O–H groups in total. The van der Waals surface area contributed by atoms with E-state index in [1.54, 1.807) is 30.4 Å². The lowest BCUT2D eigenvalue weighted by Gasteiger charge is -2.41. The molecule has 3 heterocycles. The van der Waals surface area contributed by atoms with Gasteiger partial charge in [0, 0.05) is 63.0 Å². The number of nitrogens with zero attached hydrogens (tertiary/aromatic N) is 6. The van der Waals surface area contributed by atoms with Crippen molar-refractivity contribution in [3.63, 3.8) is 0 Å². The van der Waals surface area contributed by atoms with Gasteiger partial charge in [-0.25, -0.2) is 15.0 Å². The first-order valence-corrected chi connectivity index (χ1v) is 10.3. The Morgan fingerprint density at radius 2 is 1.97 bits per heavy atom. The maximum Gasteiger partial charge on any atom is 0.251 e. The monoisotopic (exact) mass is 429 g/mol. The van der Waals surface area contributed by atoms with Crippen molar-refractivity contribution in [2.24, 2.45) is 0 Å². The van der Waals surface area contributed by atoms with Crippen LogP contribution < -0.4 is 15.4 Å². The van der Waals surface area contributed by atoms with Crippen LogP contribution in [0.25, 0.3) is 11.3 Å². The number of carbonyl (C=O) groups is 1. The van der Waals surface area contributed by atoms with Crippen molar-refractivity contribution >= 4 is 17.8 Å². The van der Waals surface area contributed by atoms with Crippen molar-refractivity contribution < 1.29 is 19.4 Å². The van der Waals surface area contributed by atoms with Crippen molar-refractivity contribution in [3.8, 4) is 17.1 Å². The van der Waals surface area contributed by atoms with E-state index in [-0.39, 0.29) is 24.0 Å². The molecule has 2 fully saturated rings. The molecule has 0 radical (unpaired) electrons. The number of carbonyl (C=O) groups excluding carboxylic acids is 1. The van der Waals surface area contributed by atoms with Gasteiger partial charge in [0.1, 0.15) is 12.2 Å². The number of nitrogens with two attached hydrogens (primary N) is 1. The average molecular weight is 429 g/mol. The zero-order chi connectivity index (χ0) is 22.0. The number of likely N-dealkylation sites (N-methyl/N-ethyl adjacent to an activating group) is 1. The number of hydrogen-bond donors (Lipinski definition) is 2. The molecule has 2 aromatic rings. The third kappa shape index (κ3) is 4.83. The number of aliphatic hydroxyl groups excluding tert-OH is 1. The molecule has 0 spiro atoms. The molecule has 1 atom stereocenters. The summed E-state index contributed by atoms with van der Waals surface area (Å²) in [5, 5.41) is 9.50. The molecule has 11 nitrogen and oxygen atoms in total. The van der Waals surface area contributed by atoms with Crippen molar-refractivity contribution in [2.45, 2.75) is 38.0 Å². The molecular formula is C20H27N7O4. The smallest absolute Gasteiger partial charge is 0.251 e. The molecule has 1 saturated carbocycles. The summed E-state index contributed by atoms with van der Waals surface area (Å²) in [6.45, 7) is 4.09. The molecule has 4 rings (SSSR count). The summed E-state index contributed by atoms with van der Waals surface area (Å²) in [4.78, 5) is 33.0. The fourth-order valence-corrected chi connectivity index (χ4v) is 3.59. The van der Waals surface area contributed by atoms with Gasteiger partial charge < -0.3 is 30.1 Å². The molecule has 1 aliphatic heterocycles. The van der Waals surface area contributed by atoms with Crippen molar-refractivity contribution in [3.05, 3.63) is 18.5 Å². The SMILES string of the molecule is C[C@H](O)C(=O)N(C)[C@H]1C[C@H](Oc2cc(-c3cnc(N)nc3)nc(N3CCOCC3)n2)C1. The minimum absolute atomic E-state index is 0.0395. The largest absolute Gasteiger partial charge is 0.474 e. The van der Waals surface area contributed by atoms with Crippen LogP contribution in [0.5, 0.6) is 5.88 Å². The van der Waals surface area contributed by atoms with Gasteiger partial charge in [0.05, 0.1) is 18.9 Å². The second-order valence-electron chi connectivity index (χ2n) is 7.81. The molecule has 2 aliphatic rings. The van der Waals surface area contributed by atoms with Gasteiger partial charge in [-0.1, -0.05) is 0 Å². The lowest BCUT2D eigenvalue weighted by molar-refractivity contribution is -0.143. The summed E-state index contributed by atoms with van der Waals surface area (Å²) in [5.41, 5.74) is 6.96. The summed E-state index contributed by atoms with van der Waals surface area (Å²) in [5.74, 6) is 0.922. The second kappa shape index (κ2) is 8.98. The molecule has 0 unspecified atom stereocenters. The molecule has 166 valence electrons. The Kier molecular flexibility index (Phi) is 6.14. The number of ether oxygens (including phenoxy) is 2. The Bertz CT molecular complexity index is 912. The zero-order valence-corrected chi connectivity index (χ0v) is 17.6. The number of rotatable bonds is 6. The van der Waals surface area contributed by atoms with Crippen LogP contribution in [0.3, 0.4) is 0 Å². The molecule has 1 amide bonds. The van der Waals surface area contributed by atoms with Crippen LogP contribution in [0.15, 0.2) is 18.5 Å². The van der Waals surface area contributed by atoms with Gasteiger partial charge in [-0.15, -0.1) is 0 Å². The van der Waals surface area contributed by atoms with Crippen molar-refractivity contribution in [1.29, 1.82) is 0 Å². The van der Waals surface area contributed by atoms with Gasteiger partial charge in [-0.2, -0.15) is 4.98 Å². The summed E-state index contributed by atoms with van der Waals surface area (Å²) < 4.78 is 11.5.